The number of nitrogens with zero attached hydrogens (tertiary/aromatic N) is 2. The van der Waals surface area contributed by atoms with Gasteiger partial charge in [0.25, 0.3) is 5.91 Å². The fraction of sp³-hybridized carbons (Fsp3) is 0.500. The van der Waals surface area contributed by atoms with Gasteiger partial charge in [-0.15, -0.1) is 5.10 Å². The van der Waals surface area contributed by atoms with Gasteiger partial charge in [0, 0.05) is 24.5 Å². The Bertz CT molecular complexity index is 769. The predicted molar refractivity (Wildman–Crippen MR) is 105 cm³/mol. The third-order valence-corrected chi connectivity index (χ3v) is 3.72. The van der Waals surface area contributed by atoms with Crippen molar-refractivity contribution >= 4 is 11.6 Å². The number of carbonyl (C=O) groups is 1. The molecule has 1 N–H and O–H groups in total. The van der Waals surface area contributed by atoms with E-state index in [4.69, 9.17) is 14.2 Å². The largest absolute Gasteiger partial charge is 0.493 e. The molecule has 7 nitrogen and oxygen atoms in total. The maximum atomic E-state index is 12.8. The zero-order valence-corrected chi connectivity index (χ0v) is 16.9. The first-order valence-electron chi connectivity index (χ1n) is 9.07. The first-order valence-corrected chi connectivity index (χ1v) is 9.07. The summed E-state index contributed by atoms with van der Waals surface area (Å²) in [6.07, 6.45) is 1.73. The molecule has 2 aromatic rings. The van der Waals surface area contributed by atoms with E-state index in [1.54, 1.807) is 43.3 Å². The lowest BCUT2D eigenvalue weighted by molar-refractivity contribution is 0.102. The van der Waals surface area contributed by atoms with Crippen molar-refractivity contribution in [1.29, 1.82) is 0 Å². The Hall–Kier alpha value is -2.70. The normalized spacial score (nSPS) is 11.0. The molecule has 0 saturated carbocycles. The number of anilines is 1. The lowest BCUT2D eigenvalue weighted by Gasteiger charge is -2.11. The quantitative estimate of drug-likeness (QED) is 0.721. The second kappa shape index (κ2) is 9.30. The van der Waals surface area contributed by atoms with Crippen molar-refractivity contribution in [3.05, 3.63) is 30.0 Å². The number of ether oxygens (including phenoxy) is 3. The van der Waals surface area contributed by atoms with Crippen LogP contribution >= 0.6 is 0 Å². The highest BCUT2D eigenvalue weighted by Crippen LogP contribution is 2.30. The van der Waals surface area contributed by atoms with E-state index in [0.717, 1.165) is 0 Å². The molecule has 0 fully saturated rings. The summed E-state index contributed by atoms with van der Waals surface area (Å²) in [7, 11) is 3.12. The van der Waals surface area contributed by atoms with Crippen LogP contribution in [0.3, 0.4) is 0 Å². The number of hydrogen-bond donors (Lipinski definition) is 1. The molecule has 7 heteroatoms. The zero-order valence-electron chi connectivity index (χ0n) is 16.9. The Morgan fingerprint density at radius 1 is 1.11 bits per heavy atom. The van der Waals surface area contributed by atoms with Crippen LogP contribution in [0.1, 0.15) is 38.1 Å². The van der Waals surface area contributed by atoms with Crippen LogP contribution in [-0.4, -0.2) is 36.5 Å². The van der Waals surface area contributed by atoms with Gasteiger partial charge in [0.1, 0.15) is 5.56 Å². The molecule has 1 heterocycles. The molecule has 1 amide bonds. The van der Waals surface area contributed by atoms with E-state index in [1.165, 1.54) is 0 Å². The van der Waals surface area contributed by atoms with Crippen LogP contribution in [0.5, 0.6) is 17.4 Å². The Labute approximate surface area is 160 Å². The molecule has 0 unspecified atom stereocenters. The summed E-state index contributed by atoms with van der Waals surface area (Å²) >= 11 is 0. The van der Waals surface area contributed by atoms with Crippen LogP contribution < -0.4 is 19.5 Å². The number of amides is 1. The van der Waals surface area contributed by atoms with Crippen molar-refractivity contribution in [2.75, 3.05) is 26.1 Å². The van der Waals surface area contributed by atoms with Crippen LogP contribution in [-0.2, 0) is 6.54 Å². The van der Waals surface area contributed by atoms with Gasteiger partial charge >= 0.3 is 0 Å². The topological polar surface area (TPSA) is 74.6 Å². The van der Waals surface area contributed by atoms with Crippen molar-refractivity contribution < 1.29 is 19.0 Å². The molecule has 0 spiro atoms. The molecule has 0 saturated heterocycles. The van der Waals surface area contributed by atoms with E-state index in [2.05, 4.69) is 38.1 Å². The standard InChI is InChI=1S/C20H29N3O4/c1-13(2)10-23-11-16(20(22-23)27-12-14(3)4)19(24)21-15-7-8-17(25-5)18(9-15)26-6/h7-9,11,13-14H,10,12H2,1-6H3,(H,21,24). The molecule has 1 aromatic carbocycles. The Balaban J connectivity index is 2.24. The molecule has 0 aliphatic rings. The first-order chi connectivity index (χ1) is 12.8. The van der Waals surface area contributed by atoms with Gasteiger partial charge in [-0.3, -0.25) is 9.48 Å². The number of methoxy groups -OCH3 is 2. The summed E-state index contributed by atoms with van der Waals surface area (Å²) in [5, 5.41) is 7.31. The summed E-state index contributed by atoms with van der Waals surface area (Å²) in [6.45, 7) is 9.50. The van der Waals surface area contributed by atoms with Gasteiger partial charge in [0.2, 0.25) is 5.88 Å². The Morgan fingerprint density at radius 3 is 2.41 bits per heavy atom. The molecule has 148 valence electrons. The average Bonchev–Trinajstić information content (AvgIpc) is 3.01. The van der Waals surface area contributed by atoms with Crippen molar-refractivity contribution in [2.45, 2.75) is 34.2 Å². The van der Waals surface area contributed by atoms with Crippen LogP contribution in [0.4, 0.5) is 5.69 Å². The minimum atomic E-state index is -0.281. The number of carbonyl (C=O) groups excluding carboxylic acids is 1. The van der Waals surface area contributed by atoms with E-state index in [-0.39, 0.29) is 5.91 Å². The fourth-order valence-corrected chi connectivity index (χ4v) is 2.49. The van der Waals surface area contributed by atoms with Gasteiger partial charge in [-0.1, -0.05) is 27.7 Å². The number of aromatic nitrogens is 2. The van der Waals surface area contributed by atoms with E-state index < -0.39 is 0 Å². The second-order valence-electron chi connectivity index (χ2n) is 7.19. The van der Waals surface area contributed by atoms with Crippen molar-refractivity contribution in [2.24, 2.45) is 11.8 Å². The highest BCUT2D eigenvalue weighted by molar-refractivity contribution is 6.05. The Kier molecular flexibility index (Phi) is 7.10. The molecule has 0 radical (unpaired) electrons. The molecule has 0 atom stereocenters. The van der Waals surface area contributed by atoms with Crippen LogP contribution in [0.2, 0.25) is 0 Å². The number of benzene rings is 1. The van der Waals surface area contributed by atoms with Crippen molar-refractivity contribution in [3.8, 4) is 17.4 Å². The van der Waals surface area contributed by atoms with E-state index in [9.17, 15) is 4.79 Å². The Morgan fingerprint density at radius 2 is 1.81 bits per heavy atom. The molecular weight excluding hydrogens is 346 g/mol. The van der Waals surface area contributed by atoms with Gasteiger partial charge in [0.15, 0.2) is 11.5 Å². The molecule has 0 aliphatic carbocycles. The third-order valence-electron chi connectivity index (χ3n) is 3.72. The third kappa shape index (κ3) is 5.64. The number of nitrogens with one attached hydrogen (secondary N) is 1. The first kappa shape index (κ1) is 20.6. The van der Waals surface area contributed by atoms with Gasteiger partial charge in [0.05, 0.1) is 20.8 Å². The van der Waals surface area contributed by atoms with Crippen molar-refractivity contribution in [1.82, 2.24) is 9.78 Å². The van der Waals surface area contributed by atoms with E-state index in [1.807, 2.05) is 0 Å². The van der Waals surface area contributed by atoms with E-state index in [0.29, 0.717) is 53.6 Å². The number of hydrogen-bond acceptors (Lipinski definition) is 5. The summed E-state index contributed by atoms with van der Waals surface area (Å²) in [5.74, 6) is 1.95. The molecule has 0 aliphatic heterocycles. The minimum Gasteiger partial charge on any atom is -0.493 e. The monoisotopic (exact) mass is 375 g/mol. The fourth-order valence-electron chi connectivity index (χ4n) is 2.49. The highest BCUT2D eigenvalue weighted by atomic mass is 16.5. The maximum absolute atomic E-state index is 12.8. The van der Waals surface area contributed by atoms with Crippen LogP contribution in [0, 0.1) is 11.8 Å². The molecule has 2 rings (SSSR count). The SMILES string of the molecule is COc1ccc(NC(=O)c2cn(CC(C)C)nc2OCC(C)C)cc1OC. The lowest BCUT2D eigenvalue weighted by atomic mass is 10.2. The summed E-state index contributed by atoms with van der Waals surface area (Å²) in [4.78, 5) is 12.8. The maximum Gasteiger partial charge on any atom is 0.262 e. The van der Waals surface area contributed by atoms with Crippen LogP contribution in [0.25, 0.3) is 0 Å². The zero-order chi connectivity index (χ0) is 20.0. The number of rotatable bonds is 9. The molecule has 0 bridgehead atoms. The van der Waals surface area contributed by atoms with Crippen LogP contribution in [0.15, 0.2) is 24.4 Å². The van der Waals surface area contributed by atoms with Gasteiger partial charge in [-0.2, -0.15) is 0 Å². The minimum absolute atomic E-state index is 0.281. The van der Waals surface area contributed by atoms with Gasteiger partial charge in [-0.05, 0) is 24.0 Å². The van der Waals surface area contributed by atoms with Gasteiger partial charge < -0.3 is 19.5 Å². The molecule has 1 aromatic heterocycles. The average molecular weight is 375 g/mol. The lowest BCUT2D eigenvalue weighted by Crippen LogP contribution is -2.14. The predicted octanol–water partition coefficient (Wildman–Crippen LogP) is 3.84. The molecule has 27 heavy (non-hydrogen) atoms. The summed E-state index contributed by atoms with van der Waals surface area (Å²) in [6, 6.07) is 5.21. The smallest absolute Gasteiger partial charge is 0.262 e. The van der Waals surface area contributed by atoms with Gasteiger partial charge in [-0.25, -0.2) is 0 Å². The summed E-state index contributed by atoms with van der Waals surface area (Å²) < 4.78 is 18.0. The highest BCUT2D eigenvalue weighted by Gasteiger charge is 2.19. The second-order valence-corrected chi connectivity index (χ2v) is 7.19. The van der Waals surface area contributed by atoms with Crippen molar-refractivity contribution in [3.63, 3.8) is 0 Å². The molecular formula is C20H29N3O4. The summed E-state index contributed by atoms with van der Waals surface area (Å²) in [5.41, 5.74) is 1.01. The van der Waals surface area contributed by atoms with E-state index >= 15 is 0 Å².